The van der Waals surface area contributed by atoms with E-state index in [1.165, 1.54) is 12.3 Å². The normalized spacial score (nSPS) is 17.2. The third-order valence-corrected chi connectivity index (χ3v) is 3.64. The Kier molecular flexibility index (Phi) is 7.71. The molecule has 0 saturated carbocycles. The molecular formula is C16H23ClN2O5. The van der Waals surface area contributed by atoms with E-state index >= 15 is 0 Å². The van der Waals surface area contributed by atoms with Crippen molar-refractivity contribution in [2.75, 3.05) is 33.0 Å². The number of ether oxygens (including phenoxy) is 4. The third kappa shape index (κ3) is 5.59. The second kappa shape index (κ2) is 9.78. The predicted molar refractivity (Wildman–Crippen MR) is 88.5 cm³/mol. The van der Waals surface area contributed by atoms with Crippen LogP contribution in [0.15, 0.2) is 12.3 Å². The molecular weight excluding hydrogens is 336 g/mol. The summed E-state index contributed by atoms with van der Waals surface area (Å²) in [6.45, 7) is 6.18. The molecule has 1 aliphatic rings. The van der Waals surface area contributed by atoms with E-state index in [-0.39, 0.29) is 18.6 Å². The first kappa shape index (κ1) is 18.9. The van der Waals surface area contributed by atoms with Crippen molar-refractivity contribution in [1.82, 2.24) is 10.3 Å². The molecule has 1 amide bonds. The van der Waals surface area contributed by atoms with Gasteiger partial charge in [0.1, 0.15) is 11.1 Å². The predicted octanol–water partition coefficient (Wildman–Crippen LogP) is 2.03. The van der Waals surface area contributed by atoms with Crippen LogP contribution in [0.25, 0.3) is 0 Å². The molecule has 8 heteroatoms. The number of carbonyl (C=O) groups excluding carboxylic acids is 1. The molecule has 0 radical (unpaired) electrons. The minimum absolute atomic E-state index is 0.0483. The average Bonchev–Trinajstić information content (AvgIpc) is 3.07. The number of aromatic nitrogens is 1. The van der Waals surface area contributed by atoms with Crippen LogP contribution in [-0.2, 0) is 14.2 Å². The van der Waals surface area contributed by atoms with Gasteiger partial charge in [-0.3, -0.25) is 4.79 Å². The summed E-state index contributed by atoms with van der Waals surface area (Å²) < 4.78 is 21.7. The summed E-state index contributed by atoms with van der Waals surface area (Å²) >= 11 is 6.16. The molecule has 0 aliphatic carbocycles. The number of nitrogens with zero attached hydrogens (tertiary/aromatic N) is 1. The molecule has 1 N–H and O–H groups in total. The van der Waals surface area contributed by atoms with Crippen LogP contribution in [0.5, 0.6) is 5.88 Å². The molecule has 1 fully saturated rings. The lowest BCUT2D eigenvalue weighted by atomic mass is 10.2. The monoisotopic (exact) mass is 358 g/mol. The fourth-order valence-electron chi connectivity index (χ4n) is 2.22. The Morgan fingerprint density at radius 1 is 1.46 bits per heavy atom. The highest BCUT2D eigenvalue weighted by molar-refractivity contribution is 6.32. The molecule has 0 spiro atoms. The second-order valence-corrected chi connectivity index (χ2v) is 5.57. The van der Waals surface area contributed by atoms with Crippen molar-refractivity contribution in [1.29, 1.82) is 0 Å². The highest BCUT2D eigenvalue weighted by Gasteiger charge is 2.20. The lowest BCUT2D eigenvalue weighted by Crippen LogP contribution is -2.35. The van der Waals surface area contributed by atoms with E-state index in [1.807, 2.05) is 13.8 Å². The van der Waals surface area contributed by atoms with E-state index < -0.39 is 6.29 Å². The molecule has 2 rings (SSSR count). The molecule has 1 aromatic heterocycles. The van der Waals surface area contributed by atoms with Gasteiger partial charge >= 0.3 is 0 Å². The molecule has 7 nitrogen and oxygen atoms in total. The number of rotatable bonds is 9. The zero-order valence-electron chi connectivity index (χ0n) is 13.9. The van der Waals surface area contributed by atoms with Crippen LogP contribution in [0.2, 0.25) is 5.02 Å². The van der Waals surface area contributed by atoms with Gasteiger partial charge in [-0.25, -0.2) is 4.98 Å². The van der Waals surface area contributed by atoms with Crippen molar-refractivity contribution in [2.24, 2.45) is 0 Å². The molecule has 24 heavy (non-hydrogen) atoms. The SMILES string of the molecule is CCOC(CNC(=O)c1cnc(OC2CCOC2)c(Cl)c1)OCC. The minimum atomic E-state index is -0.475. The second-order valence-electron chi connectivity index (χ2n) is 5.16. The fourth-order valence-corrected chi connectivity index (χ4v) is 2.43. The zero-order chi connectivity index (χ0) is 17.4. The van der Waals surface area contributed by atoms with Gasteiger partial charge in [-0.05, 0) is 19.9 Å². The number of amides is 1. The fraction of sp³-hybridized carbons (Fsp3) is 0.625. The Hall–Kier alpha value is -1.41. The van der Waals surface area contributed by atoms with Crippen LogP contribution in [0.1, 0.15) is 30.6 Å². The molecule has 2 heterocycles. The van der Waals surface area contributed by atoms with Gasteiger partial charge in [0.05, 0.1) is 25.3 Å². The van der Waals surface area contributed by atoms with Crippen molar-refractivity contribution in [3.63, 3.8) is 0 Å². The molecule has 1 unspecified atom stereocenters. The molecule has 0 bridgehead atoms. The van der Waals surface area contributed by atoms with E-state index in [9.17, 15) is 4.79 Å². The lowest BCUT2D eigenvalue weighted by molar-refractivity contribution is -0.131. The Bertz CT molecular complexity index is 531. The highest BCUT2D eigenvalue weighted by Crippen LogP contribution is 2.25. The quantitative estimate of drug-likeness (QED) is 0.680. The van der Waals surface area contributed by atoms with Crippen molar-refractivity contribution >= 4 is 17.5 Å². The van der Waals surface area contributed by atoms with Gasteiger partial charge in [0.25, 0.3) is 5.91 Å². The first-order chi connectivity index (χ1) is 11.6. The van der Waals surface area contributed by atoms with E-state index in [0.29, 0.717) is 42.9 Å². The molecule has 1 atom stereocenters. The largest absolute Gasteiger partial charge is 0.471 e. The van der Waals surface area contributed by atoms with Crippen molar-refractivity contribution < 1.29 is 23.7 Å². The highest BCUT2D eigenvalue weighted by atomic mass is 35.5. The number of pyridine rings is 1. The number of halogens is 1. The number of carbonyl (C=O) groups is 1. The Labute approximate surface area is 146 Å². The van der Waals surface area contributed by atoms with Crippen LogP contribution in [-0.4, -0.2) is 56.3 Å². The van der Waals surface area contributed by atoms with Gasteiger partial charge < -0.3 is 24.3 Å². The van der Waals surface area contributed by atoms with Crippen LogP contribution in [0.4, 0.5) is 0 Å². The first-order valence-corrected chi connectivity index (χ1v) is 8.43. The third-order valence-electron chi connectivity index (χ3n) is 3.37. The van der Waals surface area contributed by atoms with Gasteiger partial charge in [-0.2, -0.15) is 0 Å². The van der Waals surface area contributed by atoms with Gasteiger partial charge in [-0.15, -0.1) is 0 Å². The summed E-state index contributed by atoms with van der Waals surface area (Å²) in [5.74, 6) is 0.00906. The van der Waals surface area contributed by atoms with Gasteiger partial charge in [0.2, 0.25) is 5.88 Å². The molecule has 0 aromatic carbocycles. The van der Waals surface area contributed by atoms with E-state index in [1.54, 1.807) is 0 Å². The van der Waals surface area contributed by atoms with E-state index in [4.69, 9.17) is 30.5 Å². The van der Waals surface area contributed by atoms with Crippen LogP contribution in [0, 0.1) is 0 Å². The molecule has 1 saturated heterocycles. The average molecular weight is 359 g/mol. The summed E-state index contributed by atoms with van der Waals surface area (Å²) in [6, 6.07) is 1.53. The zero-order valence-corrected chi connectivity index (χ0v) is 14.7. The maximum atomic E-state index is 12.2. The number of nitrogens with one attached hydrogen (secondary N) is 1. The van der Waals surface area contributed by atoms with Gasteiger partial charge in [0.15, 0.2) is 6.29 Å². The van der Waals surface area contributed by atoms with Crippen molar-refractivity contribution in [3.05, 3.63) is 22.8 Å². The van der Waals surface area contributed by atoms with E-state index in [2.05, 4.69) is 10.3 Å². The smallest absolute Gasteiger partial charge is 0.253 e. The summed E-state index contributed by atoms with van der Waals surface area (Å²) in [6.07, 6.45) is 1.71. The Balaban J connectivity index is 1.90. The van der Waals surface area contributed by atoms with Crippen molar-refractivity contribution in [2.45, 2.75) is 32.7 Å². The molecule has 134 valence electrons. The lowest BCUT2D eigenvalue weighted by Gasteiger charge is -2.17. The maximum absolute atomic E-state index is 12.2. The van der Waals surface area contributed by atoms with Gasteiger partial charge in [-0.1, -0.05) is 11.6 Å². The summed E-state index contributed by atoms with van der Waals surface area (Å²) in [5, 5.41) is 3.03. The number of hydrogen-bond donors (Lipinski definition) is 1. The standard InChI is InChI=1S/C16H23ClN2O5/c1-3-22-14(23-4-2)9-18-15(20)11-7-13(17)16(19-8-11)24-12-5-6-21-10-12/h7-8,12,14H,3-6,9-10H2,1-2H3,(H,18,20). The first-order valence-electron chi connectivity index (χ1n) is 8.05. The molecule has 1 aliphatic heterocycles. The number of hydrogen-bond acceptors (Lipinski definition) is 6. The van der Waals surface area contributed by atoms with Crippen LogP contribution < -0.4 is 10.1 Å². The topological polar surface area (TPSA) is 78.9 Å². The Morgan fingerprint density at radius 2 is 2.21 bits per heavy atom. The maximum Gasteiger partial charge on any atom is 0.253 e. The van der Waals surface area contributed by atoms with Crippen LogP contribution >= 0.6 is 11.6 Å². The Morgan fingerprint density at radius 3 is 2.79 bits per heavy atom. The summed E-state index contributed by atoms with van der Waals surface area (Å²) in [7, 11) is 0. The summed E-state index contributed by atoms with van der Waals surface area (Å²) in [5.41, 5.74) is 0.349. The summed E-state index contributed by atoms with van der Waals surface area (Å²) in [4.78, 5) is 16.3. The van der Waals surface area contributed by atoms with E-state index in [0.717, 1.165) is 6.42 Å². The van der Waals surface area contributed by atoms with Crippen LogP contribution in [0.3, 0.4) is 0 Å². The molecule has 1 aromatic rings. The van der Waals surface area contributed by atoms with Gasteiger partial charge in [0, 0.05) is 25.8 Å². The van der Waals surface area contributed by atoms with Crippen molar-refractivity contribution in [3.8, 4) is 5.88 Å². The minimum Gasteiger partial charge on any atom is -0.471 e.